The highest BCUT2D eigenvalue weighted by atomic mass is 16.4. The number of aromatic nitrogens is 1. The normalized spacial score (nSPS) is 20.0. The number of hydrogen-bond acceptors (Lipinski definition) is 7. The molecule has 14 nitrogen and oxygen atoms in total. The monoisotopic (exact) mass is 617 g/mol. The summed E-state index contributed by atoms with van der Waals surface area (Å²) in [5.41, 5.74) is 11.7. The van der Waals surface area contributed by atoms with Gasteiger partial charge in [-0.3, -0.25) is 24.0 Å². The Labute approximate surface area is 257 Å². The van der Waals surface area contributed by atoms with E-state index in [1.165, 1.54) is 23.2 Å². The predicted molar refractivity (Wildman–Crippen MR) is 164 cm³/mol. The molecule has 3 heterocycles. The topological polar surface area (TPSA) is 201 Å². The highest BCUT2D eigenvalue weighted by molar-refractivity contribution is 5.90. The minimum Gasteiger partial charge on any atom is -0.480 e. The van der Waals surface area contributed by atoms with Crippen LogP contribution in [0.15, 0.2) is 23.1 Å². The lowest BCUT2D eigenvalue weighted by Gasteiger charge is -2.37. The number of amides is 5. The average Bonchev–Trinajstić information content (AvgIpc) is 3.41. The molecule has 2 saturated heterocycles. The highest BCUT2D eigenvalue weighted by Gasteiger charge is 2.43. The van der Waals surface area contributed by atoms with E-state index in [9.17, 15) is 28.8 Å². The lowest BCUT2D eigenvalue weighted by Crippen LogP contribution is -2.59. The Morgan fingerprint density at radius 3 is 2.27 bits per heavy atom. The number of nitrogens with one attached hydrogen (secondary N) is 1. The zero-order valence-corrected chi connectivity index (χ0v) is 25.4. The minimum absolute atomic E-state index is 0.105. The summed E-state index contributed by atoms with van der Waals surface area (Å²) < 4.78 is 1.07. The van der Waals surface area contributed by atoms with Gasteiger partial charge in [-0.05, 0) is 38.2 Å². The van der Waals surface area contributed by atoms with Gasteiger partial charge in [0.15, 0.2) is 0 Å². The number of carbonyl (C=O) groups is 5. The molecule has 0 bridgehead atoms. The molecule has 0 radical (unpaired) electrons. The summed E-state index contributed by atoms with van der Waals surface area (Å²) in [7, 11) is 0. The van der Waals surface area contributed by atoms with Crippen molar-refractivity contribution in [3.63, 3.8) is 0 Å². The number of aliphatic carboxylic acids is 1. The summed E-state index contributed by atoms with van der Waals surface area (Å²) in [6.45, 7) is 1.17. The van der Waals surface area contributed by atoms with Crippen molar-refractivity contribution in [2.24, 2.45) is 11.5 Å². The van der Waals surface area contributed by atoms with Crippen molar-refractivity contribution in [2.75, 3.05) is 31.1 Å². The van der Waals surface area contributed by atoms with Crippen LogP contribution in [0.25, 0.3) is 0 Å². The van der Waals surface area contributed by atoms with Crippen LogP contribution in [0, 0.1) is 0 Å². The number of unbranched alkanes of at least 4 members (excludes halogenated alkanes) is 8. The van der Waals surface area contributed by atoms with E-state index < -0.39 is 36.1 Å². The van der Waals surface area contributed by atoms with Crippen molar-refractivity contribution in [1.82, 2.24) is 19.7 Å². The third-order valence-corrected chi connectivity index (χ3v) is 8.42. The maximum absolute atomic E-state index is 12.9. The van der Waals surface area contributed by atoms with Crippen LogP contribution < -0.4 is 27.2 Å². The molecular formula is C30H47N7O7. The maximum atomic E-state index is 12.9. The van der Waals surface area contributed by atoms with E-state index in [1.807, 2.05) is 0 Å². The van der Waals surface area contributed by atoms with E-state index in [-0.39, 0.29) is 24.5 Å². The molecule has 44 heavy (non-hydrogen) atoms. The van der Waals surface area contributed by atoms with E-state index in [1.54, 1.807) is 9.80 Å². The van der Waals surface area contributed by atoms with Gasteiger partial charge in [-0.15, -0.1) is 0 Å². The highest BCUT2D eigenvalue weighted by Crippen LogP contribution is 2.28. The number of carboxylic acid groups (broad SMARTS) is 1. The van der Waals surface area contributed by atoms with Gasteiger partial charge in [-0.25, -0.2) is 4.79 Å². The Balaban J connectivity index is 1.23. The number of carbonyl (C=O) groups excluding carboxylic acids is 4. The molecular weight excluding hydrogens is 570 g/mol. The van der Waals surface area contributed by atoms with Gasteiger partial charge in [0.2, 0.25) is 18.2 Å². The summed E-state index contributed by atoms with van der Waals surface area (Å²) in [6, 6.07) is 0.944. The first kappa shape index (κ1) is 34.5. The van der Waals surface area contributed by atoms with Gasteiger partial charge in [0.05, 0.1) is 5.69 Å². The quantitative estimate of drug-likeness (QED) is 0.146. The largest absolute Gasteiger partial charge is 0.480 e. The number of anilines is 1. The van der Waals surface area contributed by atoms with E-state index in [0.29, 0.717) is 51.0 Å². The number of nitrogens with two attached hydrogens (primary N) is 2. The molecule has 0 aromatic carbocycles. The third kappa shape index (κ3) is 10.1. The molecule has 0 spiro atoms. The standard InChI is InChI=1S/C30H47N7O7/c31-24-19-34(17-14-22-10-12-25(28(32)42)37(22)29(24)43)30(44)33-15-8-6-4-2-1-3-5-7-9-16-35(21-38)23-11-13-26(39)36(18-23)20-27(40)41/h11,13,18,21-22,24-25H,1-10,12,14-17,19-20,31H2,(H2,32,42)(H,33,44)(H,40,41). The molecule has 5 amide bonds. The Bertz CT molecular complexity index is 1210. The Hall–Kier alpha value is -3.94. The molecule has 0 saturated carbocycles. The van der Waals surface area contributed by atoms with Crippen LogP contribution in [0.3, 0.4) is 0 Å². The second-order valence-corrected chi connectivity index (χ2v) is 11.7. The zero-order valence-electron chi connectivity index (χ0n) is 25.4. The summed E-state index contributed by atoms with van der Waals surface area (Å²) >= 11 is 0. The number of carboxylic acids is 1. The summed E-state index contributed by atoms with van der Waals surface area (Å²) in [5.74, 6) is -1.96. The number of fused-ring (bicyclic) bond motifs is 1. The van der Waals surface area contributed by atoms with Gasteiger partial charge in [0.1, 0.15) is 18.6 Å². The SMILES string of the molecule is NC(=O)C1CCC2CCN(C(=O)NCCCCCCCCCCCN(C=O)c3ccc(=O)n(CC(=O)O)c3)CC(N)C(=O)N21. The van der Waals surface area contributed by atoms with Gasteiger partial charge in [0.25, 0.3) is 5.56 Å². The number of urea groups is 1. The van der Waals surface area contributed by atoms with Crippen LogP contribution in [0.4, 0.5) is 10.5 Å². The van der Waals surface area contributed by atoms with Crippen LogP contribution in [-0.4, -0.2) is 94.0 Å². The molecule has 2 aliphatic rings. The van der Waals surface area contributed by atoms with Crippen molar-refractivity contribution in [2.45, 2.75) is 102 Å². The van der Waals surface area contributed by atoms with E-state index in [2.05, 4.69) is 5.32 Å². The number of rotatable bonds is 17. The minimum atomic E-state index is -1.12. The Kier molecular flexibility index (Phi) is 13.6. The molecule has 1 aromatic heterocycles. The molecule has 2 fully saturated rings. The van der Waals surface area contributed by atoms with Crippen LogP contribution in [0.5, 0.6) is 0 Å². The zero-order chi connectivity index (χ0) is 32.1. The lowest BCUT2D eigenvalue weighted by molar-refractivity contribution is -0.141. The van der Waals surface area contributed by atoms with Crippen molar-refractivity contribution in [1.29, 1.82) is 0 Å². The first-order chi connectivity index (χ1) is 21.1. The number of hydrogen-bond donors (Lipinski definition) is 4. The van der Waals surface area contributed by atoms with E-state index >= 15 is 0 Å². The fourth-order valence-electron chi connectivity index (χ4n) is 6.02. The first-order valence-electron chi connectivity index (χ1n) is 15.7. The molecule has 2 aliphatic heterocycles. The fraction of sp³-hybridized carbons (Fsp3) is 0.667. The van der Waals surface area contributed by atoms with Gasteiger partial charge in [0, 0.05) is 44.5 Å². The van der Waals surface area contributed by atoms with Crippen LogP contribution in [0.2, 0.25) is 0 Å². The number of pyridine rings is 1. The van der Waals surface area contributed by atoms with Gasteiger partial charge < -0.3 is 41.2 Å². The van der Waals surface area contributed by atoms with Gasteiger partial charge >= 0.3 is 12.0 Å². The van der Waals surface area contributed by atoms with Crippen LogP contribution >= 0.6 is 0 Å². The molecule has 6 N–H and O–H groups in total. The van der Waals surface area contributed by atoms with Crippen LogP contribution in [0.1, 0.15) is 77.0 Å². The van der Waals surface area contributed by atoms with E-state index in [0.717, 1.165) is 62.4 Å². The molecule has 14 heteroatoms. The summed E-state index contributed by atoms with van der Waals surface area (Å²) in [5, 5.41) is 11.9. The molecule has 3 unspecified atom stereocenters. The van der Waals surface area contributed by atoms with Crippen molar-refractivity contribution < 1.29 is 29.1 Å². The lowest BCUT2D eigenvalue weighted by atomic mass is 10.1. The fourth-order valence-corrected chi connectivity index (χ4v) is 6.02. The van der Waals surface area contributed by atoms with E-state index in [4.69, 9.17) is 16.6 Å². The Morgan fingerprint density at radius 2 is 1.64 bits per heavy atom. The van der Waals surface area contributed by atoms with Gasteiger partial charge in [-0.1, -0.05) is 44.9 Å². The summed E-state index contributed by atoms with van der Waals surface area (Å²) in [4.78, 5) is 76.3. The van der Waals surface area contributed by atoms with Crippen molar-refractivity contribution >= 4 is 35.9 Å². The molecule has 3 rings (SSSR count). The van der Waals surface area contributed by atoms with Crippen molar-refractivity contribution in [3.05, 3.63) is 28.7 Å². The van der Waals surface area contributed by atoms with Crippen LogP contribution in [-0.2, 0) is 25.7 Å². The predicted octanol–water partition coefficient (Wildman–Crippen LogP) is 0.994. The molecule has 244 valence electrons. The molecule has 3 atom stereocenters. The number of primary amides is 1. The smallest absolute Gasteiger partial charge is 0.323 e. The summed E-state index contributed by atoms with van der Waals surface area (Å²) in [6.07, 6.45) is 13.0. The number of nitrogens with zero attached hydrogens (tertiary/aromatic N) is 4. The van der Waals surface area contributed by atoms with Gasteiger partial charge in [-0.2, -0.15) is 0 Å². The average molecular weight is 618 g/mol. The second-order valence-electron chi connectivity index (χ2n) is 11.7. The first-order valence-corrected chi connectivity index (χ1v) is 15.7. The maximum Gasteiger partial charge on any atom is 0.323 e. The second kappa shape index (κ2) is 17.4. The van der Waals surface area contributed by atoms with Crippen molar-refractivity contribution in [3.8, 4) is 0 Å². The Morgan fingerprint density at radius 1 is 0.977 bits per heavy atom. The molecule has 0 aliphatic carbocycles. The third-order valence-electron chi connectivity index (χ3n) is 8.42. The molecule has 1 aromatic rings.